The van der Waals surface area contributed by atoms with Crippen molar-refractivity contribution in [1.82, 2.24) is 0 Å². The summed E-state index contributed by atoms with van der Waals surface area (Å²) in [5, 5.41) is 9.55. The van der Waals surface area contributed by atoms with E-state index >= 15 is 0 Å². The number of anilines is 2. The van der Waals surface area contributed by atoms with E-state index in [-0.39, 0.29) is 5.54 Å². The summed E-state index contributed by atoms with van der Waals surface area (Å²) < 4.78 is 0. The molecule has 4 nitrogen and oxygen atoms in total. The van der Waals surface area contributed by atoms with E-state index in [0.717, 1.165) is 36.2 Å². The molecule has 1 aliphatic heterocycles. The molecular weight excluding hydrogens is 340 g/mol. The van der Waals surface area contributed by atoms with Gasteiger partial charge in [0.25, 0.3) is 0 Å². The van der Waals surface area contributed by atoms with Crippen LogP contribution in [0.2, 0.25) is 0 Å². The van der Waals surface area contributed by atoms with Crippen LogP contribution in [0, 0.1) is 25.8 Å². The molecule has 1 heterocycles. The normalized spacial score (nSPS) is 18.2. The summed E-state index contributed by atoms with van der Waals surface area (Å²) in [5.74, 6) is 0.546. The molecule has 0 bridgehead atoms. The van der Waals surface area contributed by atoms with Crippen LogP contribution in [0.4, 0.5) is 17.1 Å². The molecule has 2 aromatic carbocycles. The van der Waals surface area contributed by atoms with Gasteiger partial charge in [0.15, 0.2) is 10.8 Å². The van der Waals surface area contributed by atoms with Gasteiger partial charge >= 0.3 is 0 Å². The summed E-state index contributed by atoms with van der Waals surface area (Å²) in [4.78, 5) is 7.57. The van der Waals surface area contributed by atoms with Crippen LogP contribution in [0.25, 0.3) is 4.85 Å². The maximum atomic E-state index is 8.91. The largest absolute Gasteiger partial charge is 0.305 e. The van der Waals surface area contributed by atoms with Crippen molar-refractivity contribution in [2.75, 3.05) is 9.80 Å². The molecule has 4 rings (SSSR count). The molecule has 1 saturated heterocycles. The molecule has 1 saturated carbocycles. The first-order valence-corrected chi connectivity index (χ1v) is 9.17. The van der Waals surface area contributed by atoms with E-state index in [1.165, 1.54) is 5.56 Å². The van der Waals surface area contributed by atoms with Gasteiger partial charge in [0.2, 0.25) is 0 Å². The average Bonchev–Trinajstić information content (AvgIpc) is 2.83. The Morgan fingerprint density at radius 2 is 1.73 bits per heavy atom. The van der Waals surface area contributed by atoms with E-state index in [2.05, 4.69) is 40.9 Å². The molecule has 0 atom stereocenters. The molecule has 1 spiro atoms. The number of nitrogens with zero attached hydrogens (tertiary/aromatic N) is 3. The molecule has 1 N–H and O–H groups in total. The van der Waals surface area contributed by atoms with Gasteiger partial charge in [0.05, 0.1) is 6.57 Å². The van der Waals surface area contributed by atoms with E-state index in [1.54, 1.807) is 0 Å². The highest BCUT2D eigenvalue weighted by atomic mass is 32.1. The van der Waals surface area contributed by atoms with E-state index < -0.39 is 0 Å². The summed E-state index contributed by atoms with van der Waals surface area (Å²) in [6.45, 7) is 11.2. The maximum absolute atomic E-state index is 8.91. The summed E-state index contributed by atoms with van der Waals surface area (Å²) in [6, 6.07) is 14.0. The van der Waals surface area contributed by atoms with Gasteiger partial charge in [-0.1, -0.05) is 23.8 Å². The van der Waals surface area contributed by atoms with E-state index in [9.17, 15) is 0 Å². The third-order valence-electron chi connectivity index (χ3n) is 5.51. The van der Waals surface area contributed by atoms with E-state index in [1.807, 2.05) is 30.0 Å². The quantitative estimate of drug-likeness (QED) is 0.578. The van der Waals surface area contributed by atoms with Crippen molar-refractivity contribution in [3.05, 3.63) is 65.0 Å². The second kappa shape index (κ2) is 5.93. The zero-order chi connectivity index (χ0) is 18.5. The first kappa shape index (κ1) is 16.7. The fraction of sp³-hybridized carbons (Fsp3) is 0.286. The lowest BCUT2D eigenvalue weighted by atomic mass is 9.75. The Hall–Kier alpha value is -2.71. The minimum absolute atomic E-state index is 0.335. The van der Waals surface area contributed by atoms with E-state index in [0.29, 0.717) is 16.6 Å². The number of benzene rings is 2. The zero-order valence-electron chi connectivity index (χ0n) is 14.9. The predicted octanol–water partition coefficient (Wildman–Crippen LogP) is 5.37. The van der Waals surface area contributed by atoms with Gasteiger partial charge in [0.1, 0.15) is 11.4 Å². The van der Waals surface area contributed by atoms with Crippen LogP contribution >= 0.6 is 12.2 Å². The van der Waals surface area contributed by atoms with Gasteiger partial charge in [-0.05, 0) is 75.2 Å². The lowest BCUT2D eigenvalue weighted by Crippen LogP contribution is -2.55. The highest BCUT2D eigenvalue weighted by Crippen LogP contribution is 2.48. The van der Waals surface area contributed by atoms with Crippen LogP contribution in [-0.4, -0.2) is 16.5 Å². The van der Waals surface area contributed by atoms with Gasteiger partial charge in [-0.3, -0.25) is 10.3 Å². The predicted molar refractivity (Wildman–Crippen MR) is 110 cm³/mol. The van der Waals surface area contributed by atoms with Crippen LogP contribution in [0.5, 0.6) is 0 Å². The molecule has 1 aliphatic carbocycles. The fourth-order valence-corrected chi connectivity index (χ4v) is 4.34. The van der Waals surface area contributed by atoms with Gasteiger partial charge in [-0.2, -0.15) is 0 Å². The number of hydrogen-bond donors (Lipinski definition) is 1. The maximum Gasteiger partial charge on any atom is 0.190 e. The van der Waals surface area contributed by atoms with Crippen LogP contribution in [0.3, 0.4) is 0 Å². The topological polar surface area (TPSA) is 34.7 Å². The standard InChI is InChI=1S/C21H20N4S/c1-14-5-7-16(8-6-14)25-20(26)24(19(22)21(25)11-4-12-21)17-9-10-18(23-3)15(2)13-17/h5-10,13,22H,4,11-12H2,1-2H3. The highest BCUT2D eigenvalue weighted by molar-refractivity contribution is 7.81. The number of nitrogens with one attached hydrogen (secondary N) is 1. The Bertz CT molecular complexity index is 951. The van der Waals surface area contributed by atoms with Gasteiger partial charge in [0, 0.05) is 11.4 Å². The second-order valence-corrected chi connectivity index (χ2v) is 7.47. The van der Waals surface area contributed by atoms with Gasteiger partial charge < -0.3 is 4.90 Å². The molecule has 0 aromatic heterocycles. The minimum Gasteiger partial charge on any atom is -0.305 e. The van der Waals surface area contributed by atoms with Crippen molar-refractivity contribution < 1.29 is 0 Å². The second-order valence-electron chi connectivity index (χ2n) is 7.11. The molecule has 26 heavy (non-hydrogen) atoms. The number of hydrogen-bond acceptors (Lipinski definition) is 2. The Balaban J connectivity index is 1.80. The number of thiocarbonyl (C=S) groups is 1. The molecule has 5 heteroatoms. The Labute approximate surface area is 159 Å². The van der Waals surface area contributed by atoms with E-state index in [4.69, 9.17) is 24.2 Å². The smallest absolute Gasteiger partial charge is 0.190 e. The molecule has 0 unspecified atom stereocenters. The monoisotopic (exact) mass is 360 g/mol. The Kier molecular flexibility index (Phi) is 3.82. The third kappa shape index (κ3) is 2.26. The number of aryl methyl sites for hydroxylation is 2. The summed E-state index contributed by atoms with van der Waals surface area (Å²) in [5.41, 5.74) is 4.33. The highest BCUT2D eigenvalue weighted by Gasteiger charge is 2.56. The SMILES string of the molecule is [C-]#[N+]c1ccc(N2C(=N)C3(CCC3)N(c3ccc(C)cc3)C2=S)cc1C. The van der Waals surface area contributed by atoms with Crippen molar-refractivity contribution >= 4 is 40.2 Å². The third-order valence-corrected chi connectivity index (χ3v) is 5.87. The molecule has 2 aliphatic rings. The van der Waals surface area contributed by atoms with Gasteiger partial charge in [-0.15, -0.1) is 0 Å². The van der Waals surface area contributed by atoms with Crippen LogP contribution in [0.15, 0.2) is 42.5 Å². The molecule has 0 radical (unpaired) electrons. The first-order chi connectivity index (χ1) is 12.5. The molecule has 2 fully saturated rings. The number of rotatable bonds is 2. The lowest BCUT2D eigenvalue weighted by Gasteiger charge is -2.44. The van der Waals surface area contributed by atoms with Crippen molar-refractivity contribution in [1.29, 1.82) is 5.41 Å². The first-order valence-electron chi connectivity index (χ1n) is 8.76. The van der Waals surface area contributed by atoms with Crippen molar-refractivity contribution in [2.24, 2.45) is 0 Å². The minimum atomic E-state index is -0.335. The average molecular weight is 360 g/mol. The van der Waals surface area contributed by atoms with Gasteiger partial charge in [-0.25, -0.2) is 4.85 Å². The fourth-order valence-electron chi connectivity index (χ4n) is 3.86. The molecular formula is C21H20N4S. The van der Waals surface area contributed by atoms with Crippen LogP contribution in [0.1, 0.15) is 30.4 Å². The Morgan fingerprint density at radius 1 is 1.08 bits per heavy atom. The zero-order valence-corrected chi connectivity index (χ0v) is 15.7. The number of amidine groups is 1. The molecule has 130 valence electrons. The van der Waals surface area contributed by atoms with Crippen molar-refractivity contribution in [3.63, 3.8) is 0 Å². The van der Waals surface area contributed by atoms with Crippen molar-refractivity contribution in [3.8, 4) is 0 Å². The molecule has 0 amide bonds. The summed E-state index contributed by atoms with van der Waals surface area (Å²) in [7, 11) is 0. The van der Waals surface area contributed by atoms with Crippen molar-refractivity contribution in [2.45, 2.75) is 38.6 Å². The lowest BCUT2D eigenvalue weighted by molar-refractivity contribution is 0.349. The van der Waals surface area contributed by atoms with Crippen LogP contribution < -0.4 is 9.80 Å². The molecule has 2 aromatic rings. The van der Waals surface area contributed by atoms with Crippen LogP contribution in [-0.2, 0) is 0 Å². The summed E-state index contributed by atoms with van der Waals surface area (Å²) in [6.07, 6.45) is 2.99. The Morgan fingerprint density at radius 3 is 2.27 bits per heavy atom. The summed E-state index contributed by atoms with van der Waals surface area (Å²) >= 11 is 5.84.